The van der Waals surface area contributed by atoms with E-state index in [9.17, 15) is 23.9 Å². The van der Waals surface area contributed by atoms with Crippen LogP contribution in [0.15, 0.2) is 12.1 Å². The quantitative estimate of drug-likeness (QED) is 0.780. The Morgan fingerprint density at radius 3 is 2.44 bits per heavy atom. The van der Waals surface area contributed by atoms with E-state index in [1.165, 1.54) is 11.0 Å². The topological polar surface area (TPSA) is 89.9 Å². The normalized spacial score (nSPS) is 23.6. The molecule has 2 N–H and O–H groups in total. The van der Waals surface area contributed by atoms with Gasteiger partial charge in [0.15, 0.2) is 11.7 Å². The van der Waals surface area contributed by atoms with Crippen LogP contribution in [0.25, 0.3) is 0 Å². The Kier molecular flexibility index (Phi) is 3.72. The molecule has 7 nitrogen and oxygen atoms in total. The molecule has 4 rings (SSSR count). The fraction of sp³-hybridized carbons (Fsp3) is 0.471. The van der Waals surface area contributed by atoms with Crippen molar-refractivity contribution in [2.24, 2.45) is 5.92 Å². The van der Waals surface area contributed by atoms with Crippen molar-refractivity contribution in [1.82, 2.24) is 5.32 Å². The highest BCUT2D eigenvalue weighted by Gasteiger charge is 2.49. The van der Waals surface area contributed by atoms with Crippen LogP contribution in [0.2, 0.25) is 0 Å². The number of carbonyl (C=O) groups is 3. The Balaban J connectivity index is 1.83. The molecular formula is C17H18FN3O4. The number of hydrogen-bond donors (Lipinski definition) is 2. The van der Waals surface area contributed by atoms with E-state index in [2.05, 4.69) is 5.32 Å². The number of anilines is 2. The molecule has 0 aromatic heterocycles. The van der Waals surface area contributed by atoms with E-state index in [4.69, 9.17) is 0 Å². The first-order chi connectivity index (χ1) is 12.0. The van der Waals surface area contributed by atoms with Crippen LogP contribution in [0.4, 0.5) is 15.8 Å². The number of carboxylic acids is 1. The summed E-state index contributed by atoms with van der Waals surface area (Å²) in [6.45, 7) is 2.70. The van der Waals surface area contributed by atoms with E-state index in [0.717, 1.165) is 32.0 Å². The van der Waals surface area contributed by atoms with Gasteiger partial charge < -0.3 is 20.2 Å². The highest BCUT2D eigenvalue weighted by atomic mass is 19.1. The Bertz CT molecular complexity index is 771. The highest BCUT2D eigenvalue weighted by molar-refractivity contribution is 6.30. The lowest BCUT2D eigenvalue weighted by atomic mass is 9.89. The predicted octanol–water partition coefficient (Wildman–Crippen LogP) is 0.628. The number of piperazine rings is 1. The summed E-state index contributed by atoms with van der Waals surface area (Å²) in [6.07, 6.45) is 1.51. The number of hydrogen-bond acceptors (Lipinski definition) is 5. The number of Topliss-reactive ketones (excluding diaryl/α,β-unsaturated/α-hetero) is 1. The van der Waals surface area contributed by atoms with Crippen molar-refractivity contribution in [2.75, 3.05) is 36.0 Å². The first kappa shape index (κ1) is 16.0. The van der Waals surface area contributed by atoms with Gasteiger partial charge >= 0.3 is 5.97 Å². The number of rotatable bonds is 3. The zero-order chi connectivity index (χ0) is 17.7. The van der Waals surface area contributed by atoms with Crippen molar-refractivity contribution < 1.29 is 23.9 Å². The molecule has 1 aromatic carbocycles. The zero-order valence-corrected chi connectivity index (χ0v) is 13.5. The van der Waals surface area contributed by atoms with Crippen molar-refractivity contribution >= 4 is 29.0 Å². The summed E-state index contributed by atoms with van der Waals surface area (Å²) in [4.78, 5) is 39.7. The summed E-state index contributed by atoms with van der Waals surface area (Å²) < 4.78 is 14.6. The van der Waals surface area contributed by atoms with Crippen LogP contribution in [0, 0.1) is 11.7 Å². The molecule has 2 fully saturated rings. The van der Waals surface area contributed by atoms with Crippen LogP contribution in [-0.2, 0) is 9.59 Å². The molecule has 1 aromatic rings. The van der Waals surface area contributed by atoms with E-state index in [1.807, 2.05) is 4.90 Å². The van der Waals surface area contributed by atoms with Gasteiger partial charge in [0.2, 0.25) is 5.91 Å². The van der Waals surface area contributed by atoms with Crippen LogP contribution >= 0.6 is 0 Å². The Hall–Kier alpha value is -2.48. The summed E-state index contributed by atoms with van der Waals surface area (Å²) in [7, 11) is 0. The lowest BCUT2D eigenvalue weighted by molar-refractivity contribution is -0.144. The predicted molar refractivity (Wildman–Crippen MR) is 87.4 cm³/mol. The minimum absolute atomic E-state index is 0.0183. The molecule has 132 valence electrons. The standard InChI is InChI=1S/C17H18FN3O4/c18-11-7-10-12(8-13(11)20-5-3-19-4-6-20)21(9-1-2-9)16(23)14(15(10)22)17(24)25/h7-9,14,19H,1-6H2,(H,24,25). The third-order valence-electron chi connectivity index (χ3n) is 4.95. The largest absolute Gasteiger partial charge is 0.480 e. The maximum atomic E-state index is 14.6. The van der Waals surface area contributed by atoms with Crippen LogP contribution in [0.5, 0.6) is 0 Å². The van der Waals surface area contributed by atoms with E-state index < -0.39 is 29.4 Å². The average Bonchev–Trinajstić information content (AvgIpc) is 3.40. The first-order valence-electron chi connectivity index (χ1n) is 8.38. The molecule has 0 radical (unpaired) electrons. The number of nitrogens with zero attached hydrogens (tertiary/aromatic N) is 2. The van der Waals surface area contributed by atoms with Crippen molar-refractivity contribution in [3.05, 3.63) is 23.5 Å². The number of amides is 1. The van der Waals surface area contributed by atoms with Gasteiger partial charge in [-0.2, -0.15) is 0 Å². The molecule has 1 saturated carbocycles. The fourth-order valence-corrected chi connectivity index (χ4v) is 3.55. The third kappa shape index (κ3) is 2.57. The molecule has 25 heavy (non-hydrogen) atoms. The molecule has 1 saturated heterocycles. The van der Waals surface area contributed by atoms with Crippen molar-refractivity contribution in [1.29, 1.82) is 0 Å². The lowest BCUT2D eigenvalue weighted by Gasteiger charge is -2.35. The van der Waals surface area contributed by atoms with Gasteiger partial charge in [0, 0.05) is 37.8 Å². The molecule has 0 spiro atoms. The monoisotopic (exact) mass is 347 g/mol. The zero-order valence-electron chi connectivity index (χ0n) is 13.5. The maximum Gasteiger partial charge on any atom is 0.324 e. The van der Waals surface area contributed by atoms with Gasteiger partial charge in [-0.15, -0.1) is 0 Å². The number of carbonyl (C=O) groups excluding carboxylic acids is 2. The van der Waals surface area contributed by atoms with Crippen LogP contribution in [-0.4, -0.2) is 55.0 Å². The average molecular weight is 347 g/mol. The molecule has 2 heterocycles. The van der Waals surface area contributed by atoms with E-state index >= 15 is 0 Å². The number of ketones is 1. The number of aliphatic carboxylic acids is 1. The molecular weight excluding hydrogens is 329 g/mol. The second-order valence-corrected chi connectivity index (χ2v) is 6.63. The second-order valence-electron chi connectivity index (χ2n) is 6.63. The van der Waals surface area contributed by atoms with Gasteiger partial charge in [0.1, 0.15) is 5.82 Å². The Morgan fingerprint density at radius 2 is 1.84 bits per heavy atom. The molecule has 1 aliphatic carbocycles. The summed E-state index contributed by atoms with van der Waals surface area (Å²) in [5.41, 5.74) is 0.667. The number of carboxylic acid groups (broad SMARTS) is 1. The highest BCUT2D eigenvalue weighted by Crippen LogP contribution is 2.41. The molecule has 8 heteroatoms. The number of fused-ring (bicyclic) bond motifs is 1. The number of benzene rings is 1. The second kappa shape index (κ2) is 5.80. The number of halogens is 1. The smallest absolute Gasteiger partial charge is 0.324 e. The first-order valence-corrected chi connectivity index (χ1v) is 8.38. The van der Waals surface area contributed by atoms with Crippen molar-refractivity contribution in [3.63, 3.8) is 0 Å². The van der Waals surface area contributed by atoms with Crippen LogP contribution < -0.4 is 15.1 Å². The molecule has 0 bridgehead atoms. The van der Waals surface area contributed by atoms with Crippen LogP contribution in [0.1, 0.15) is 23.2 Å². The van der Waals surface area contributed by atoms with Gasteiger partial charge in [-0.05, 0) is 25.0 Å². The molecule has 2 aliphatic heterocycles. The van der Waals surface area contributed by atoms with Crippen LogP contribution in [0.3, 0.4) is 0 Å². The van der Waals surface area contributed by atoms with Crippen molar-refractivity contribution in [3.8, 4) is 0 Å². The molecule has 1 unspecified atom stereocenters. The summed E-state index contributed by atoms with van der Waals surface area (Å²) >= 11 is 0. The fourth-order valence-electron chi connectivity index (χ4n) is 3.55. The van der Waals surface area contributed by atoms with Gasteiger partial charge in [-0.3, -0.25) is 14.4 Å². The summed E-state index contributed by atoms with van der Waals surface area (Å²) in [5.74, 6) is -5.39. The van der Waals surface area contributed by atoms with Gasteiger partial charge in [-0.25, -0.2) is 4.39 Å². The van der Waals surface area contributed by atoms with Gasteiger partial charge in [0.25, 0.3) is 0 Å². The van der Waals surface area contributed by atoms with Crippen molar-refractivity contribution in [2.45, 2.75) is 18.9 Å². The Labute approximate surface area is 143 Å². The molecule has 3 aliphatic rings. The summed E-state index contributed by atoms with van der Waals surface area (Å²) in [6, 6.07) is 2.51. The minimum atomic E-state index is -1.78. The van der Waals surface area contributed by atoms with Gasteiger partial charge in [0.05, 0.1) is 11.4 Å². The van der Waals surface area contributed by atoms with Gasteiger partial charge in [-0.1, -0.05) is 0 Å². The molecule has 1 atom stereocenters. The lowest BCUT2D eigenvalue weighted by Crippen LogP contribution is -2.49. The summed E-state index contributed by atoms with van der Waals surface area (Å²) in [5, 5.41) is 12.5. The molecule has 1 amide bonds. The minimum Gasteiger partial charge on any atom is -0.480 e. The SMILES string of the molecule is O=C(O)C1C(=O)c2cc(F)c(N3CCNCC3)cc2N(C2CC2)C1=O. The van der Waals surface area contributed by atoms with E-state index in [-0.39, 0.29) is 11.6 Å². The third-order valence-corrected chi connectivity index (χ3v) is 4.95. The maximum absolute atomic E-state index is 14.6. The van der Waals surface area contributed by atoms with E-state index in [1.54, 1.807) is 0 Å². The Morgan fingerprint density at radius 1 is 1.16 bits per heavy atom. The van der Waals surface area contributed by atoms with E-state index in [0.29, 0.717) is 24.5 Å². The number of nitrogens with one attached hydrogen (secondary N) is 1.